The summed E-state index contributed by atoms with van der Waals surface area (Å²) in [5.41, 5.74) is 5.43. The number of ether oxygens (including phenoxy) is 1. The predicted molar refractivity (Wildman–Crippen MR) is 79.1 cm³/mol. The van der Waals surface area contributed by atoms with Crippen LogP contribution in [0.5, 0.6) is 5.75 Å². The number of methoxy groups -OCH3 is 1. The standard InChI is InChI=1S/C17H24O/c1-8-9-13-12-14(10-11-15(13)18-7)17(5,6)16(2,3)4/h9-12H,1H2,2-7H3. The van der Waals surface area contributed by atoms with E-state index in [-0.39, 0.29) is 10.8 Å². The monoisotopic (exact) mass is 244 g/mol. The smallest absolute Gasteiger partial charge is 0.126 e. The summed E-state index contributed by atoms with van der Waals surface area (Å²) in [7, 11) is 1.68. The molecule has 0 radical (unpaired) electrons. The Morgan fingerprint density at radius 2 is 1.78 bits per heavy atom. The first-order valence-corrected chi connectivity index (χ1v) is 6.28. The number of benzene rings is 1. The number of hydrogen-bond donors (Lipinski definition) is 0. The average molecular weight is 244 g/mol. The van der Waals surface area contributed by atoms with Gasteiger partial charge in [-0.25, -0.2) is 0 Å². The molecule has 0 amide bonds. The van der Waals surface area contributed by atoms with Gasteiger partial charge in [-0.05, 0) is 34.6 Å². The summed E-state index contributed by atoms with van der Waals surface area (Å²) in [4.78, 5) is 0. The third-order valence-corrected chi connectivity index (χ3v) is 4.08. The highest BCUT2D eigenvalue weighted by molar-refractivity contribution is 5.58. The molecule has 0 fully saturated rings. The van der Waals surface area contributed by atoms with Crippen molar-refractivity contribution in [3.8, 4) is 5.75 Å². The lowest BCUT2D eigenvalue weighted by molar-refractivity contribution is 0.225. The molecule has 0 N–H and O–H groups in total. The Labute approximate surface area is 111 Å². The Morgan fingerprint density at radius 3 is 2.22 bits per heavy atom. The maximum absolute atomic E-state index is 5.35. The van der Waals surface area contributed by atoms with Crippen molar-refractivity contribution in [3.05, 3.63) is 41.6 Å². The van der Waals surface area contributed by atoms with Gasteiger partial charge in [-0.15, -0.1) is 5.73 Å². The molecular weight excluding hydrogens is 220 g/mol. The van der Waals surface area contributed by atoms with E-state index >= 15 is 0 Å². The lowest BCUT2D eigenvalue weighted by atomic mass is 9.65. The number of hydrogen-bond acceptors (Lipinski definition) is 1. The van der Waals surface area contributed by atoms with E-state index in [0.29, 0.717) is 0 Å². The second kappa shape index (κ2) is 5.04. The minimum absolute atomic E-state index is 0.0863. The van der Waals surface area contributed by atoms with Gasteiger partial charge >= 0.3 is 0 Å². The van der Waals surface area contributed by atoms with E-state index in [0.717, 1.165) is 11.3 Å². The van der Waals surface area contributed by atoms with Crippen LogP contribution < -0.4 is 4.74 Å². The Bertz CT molecular complexity index is 469. The highest BCUT2D eigenvalue weighted by Crippen LogP contribution is 2.42. The third kappa shape index (κ3) is 2.68. The first-order chi connectivity index (χ1) is 8.24. The average Bonchev–Trinajstić information content (AvgIpc) is 2.28. The summed E-state index contributed by atoms with van der Waals surface area (Å²) in [6.45, 7) is 15.0. The van der Waals surface area contributed by atoms with Gasteiger partial charge in [0.25, 0.3) is 0 Å². The molecular formula is C17H24O. The molecule has 1 aromatic carbocycles. The van der Waals surface area contributed by atoms with Gasteiger partial charge in [-0.2, -0.15) is 0 Å². The van der Waals surface area contributed by atoms with Crippen molar-refractivity contribution in [2.24, 2.45) is 5.41 Å². The maximum atomic E-state index is 5.35. The van der Waals surface area contributed by atoms with Gasteiger partial charge in [-0.3, -0.25) is 0 Å². The van der Waals surface area contributed by atoms with Gasteiger partial charge in [0.05, 0.1) is 7.11 Å². The molecule has 98 valence electrons. The van der Waals surface area contributed by atoms with Crippen molar-refractivity contribution in [2.45, 2.75) is 40.0 Å². The molecule has 0 unspecified atom stereocenters. The fourth-order valence-electron chi connectivity index (χ4n) is 1.78. The molecule has 0 heterocycles. The van der Waals surface area contributed by atoms with Gasteiger partial charge in [0.2, 0.25) is 0 Å². The van der Waals surface area contributed by atoms with E-state index in [1.807, 2.05) is 12.1 Å². The first kappa shape index (κ1) is 14.6. The summed E-state index contributed by atoms with van der Waals surface area (Å²) in [6.07, 6.45) is 1.86. The normalized spacial score (nSPS) is 11.9. The predicted octanol–water partition coefficient (Wildman–Crippen LogP) is 4.82. The van der Waals surface area contributed by atoms with Crippen LogP contribution in [0.2, 0.25) is 0 Å². The van der Waals surface area contributed by atoms with Crippen LogP contribution in [0.25, 0.3) is 6.08 Å². The molecule has 0 bridgehead atoms. The molecule has 0 saturated carbocycles. The summed E-state index contributed by atoms with van der Waals surface area (Å²) in [6, 6.07) is 6.33. The topological polar surface area (TPSA) is 9.23 Å². The fourth-order valence-corrected chi connectivity index (χ4v) is 1.78. The van der Waals surface area contributed by atoms with Crippen LogP contribution in [-0.2, 0) is 5.41 Å². The van der Waals surface area contributed by atoms with Crippen molar-refractivity contribution < 1.29 is 4.74 Å². The molecule has 1 aromatic rings. The highest BCUT2D eigenvalue weighted by atomic mass is 16.5. The molecule has 0 atom stereocenters. The van der Waals surface area contributed by atoms with Crippen molar-refractivity contribution >= 4 is 6.08 Å². The highest BCUT2D eigenvalue weighted by Gasteiger charge is 2.34. The Kier molecular flexibility index (Phi) is 4.09. The zero-order valence-electron chi connectivity index (χ0n) is 12.4. The Balaban J connectivity index is 3.36. The van der Waals surface area contributed by atoms with Gasteiger partial charge < -0.3 is 4.74 Å². The summed E-state index contributed by atoms with van der Waals surface area (Å²) >= 11 is 0. The zero-order chi connectivity index (χ0) is 14.0. The molecule has 1 rings (SSSR count). The van der Waals surface area contributed by atoms with Crippen LogP contribution in [-0.4, -0.2) is 7.11 Å². The van der Waals surface area contributed by atoms with Crippen molar-refractivity contribution in [1.29, 1.82) is 0 Å². The van der Waals surface area contributed by atoms with Crippen LogP contribution in [0.15, 0.2) is 30.5 Å². The summed E-state index contributed by atoms with van der Waals surface area (Å²) in [5.74, 6) is 0.861. The molecule has 18 heavy (non-hydrogen) atoms. The van der Waals surface area contributed by atoms with E-state index in [4.69, 9.17) is 4.74 Å². The van der Waals surface area contributed by atoms with Gasteiger partial charge in [0, 0.05) is 5.56 Å². The summed E-state index contributed by atoms with van der Waals surface area (Å²) in [5, 5.41) is 0. The van der Waals surface area contributed by atoms with E-state index in [1.54, 1.807) is 7.11 Å². The minimum atomic E-state index is 0.0863. The second-order valence-corrected chi connectivity index (χ2v) is 6.18. The minimum Gasteiger partial charge on any atom is -0.496 e. The van der Waals surface area contributed by atoms with E-state index < -0.39 is 0 Å². The van der Waals surface area contributed by atoms with Crippen molar-refractivity contribution in [2.75, 3.05) is 7.11 Å². The van der Waals surface area contributed by atoms with Crippen molar-refractivity contribution in [3.63, 3.8) is 0 Å². The van der Waals surface area contributed by atoms with Crippen LogP contribution in [0.1, 0.15) is 45.7 Å². The van der Waals surface area contributed by atoms with E-state index in [9.17, 15) is 0 Å². The molecule has 0 saturated heterocycles. The fraction of sp³-hybridized carbons (Fsp3) is 0.471. The Morgan fingerprint density at radius 1 is 1.17 bits per heavy atom. The lowest BCUT2D eigenvalue weighted by Crippen LogP contribution is -2.33. The Hall–Kier alpha value is -1.46. The molecule has 0 aliphatic rings. The van der Waals surface area contributed by atoms with E-state index in [2.05, 4.69) is 59.1 Å². The van der Waals surface area contributed by atoms with Gasteiger partial charge in [0.15, 0.2) is 0 Å². The third-order valence-electron chi connectivity index (χ3n) is 4.08. The largest absolute Gasteiger partial charge is 0.496 e. The van der Waals surface area contributed by atoms with Crippen LogP contribution in [0.3, 0.4) is 0 Å². The molecule has 0 aliphatic heterocycles. The van der Waals surface area contributed by atoms with Crippen LogP contribution in [0, 0.1) is 5.41 Å². The number of rotatable bonds is 3. The van der Waals surface area contributed by atoms with Crippen molar-refractivity contribution in [1.82, 2.24) is 0 Å². The lowest BCUT2D eigenvalue weighted by Gasteiger charge is -2.39. The quantitative estimate of drug-likeness (QED) is 0.693. The van der Waals surface area contributed by atoms with Gasteiger partial charge in [0.1, 0.15) is 5.75 Å². The first-order valence-electron chi connectivity index (χ1n) is 6.28. The van der Waals surface area contributed by atoms with Crippen LogP contribution >= 0.6 is 0 Å². The van der Waals surface area contributed by atoms with Crippen LogP contribution in [0.4, 0.5) is 0 Å². The van der Waals surface area contributed by atoms with Gasteiger partial charge in [-0.1, -0.05) is 47.3 Å². The molecule has 1 heteroatoms. The van der Waals surface area contributed by atoms with E-state index in [1.165, 1.54) is 5.56 Å². The zero-order valence-corrected chi connectivity index (χ0v) is 12.4. The molecule has 0 aromatic heterocycles. The summed E-state index contributed by atoms with van der Waals surface area (Å²) < 4.78 is 5.35. The molecule has 1 nitrogen and oxygen atoms in total. The molecule has 0 aliphatic carbocycles. The maximum Gasteiger partial charge on any atom is 0.126 e. The molecule has 0 spiro atoms. The SMILES string of the molecule is C=C=Cc1cc(C(C)(C)C(C)(C)C)ccc1OC. The second-order valence-electron chi connectivity index (χ2n) is 6.18.